The Labute approximate surface area is 141 Å². The topological polar surface area (TPSA) is 38.3 Å². The van der Waals surface area contributed by atoms with Crippen LogP contribution in [0.2, 0.25) is 0 Å². The number of amides is 1. The van der Waals surface area contributed by atoms with Crippen molar-refractivity contribution in [1.82, 2.24) is 5.32 Å². The van der Waals surface area contributed by atoms with Crippen molar-refractivity contribution in [3.05, 3.63) is 62.5 Å². The van der Waals surface area contributed by atoms with Gasteiger partial charge in [0.2, 0.25) is 0 Å². The van der Waals surface area contributed by atoms with Crippen molar-refractivity contribution in [1.29, 1.82) is 0 Å². The van der Waals surface area contributed by atoms with Crippen LogP contribution in [0.15, 0.2) is 51.4 Å². The van der Waals surface area contributed by atoms with Crippen LogP contribution in [0.1, 0.15) is 28.9 Å². The van der Waals surface area contributed by atoms with E-state index in [2.05, 4.69) is 37.2 Å². The highest BCUT2D eigenvalue weighted by Crippen LogP contribution is 2.24. The Bertz CT molecular complexity index is 641. The fourth-order valence-corrected chi connectivity index (χ4v) is 2.57. The number of ether oxygens (including phenoxy) is 1. The number of halogens is 2. The van der Waals surface area contributed by atoms with E-state index in [9.17, 15) is 4.79 Å². The molecule has 0 radical (unpaired) electrons. The summed E-state index contributed by atoms with van der Waals surface area (Å²) in [5, 5.41) is 2.98. The molecule has 2 aromatic rings. The third-order valence-electron chi connectivity index (χ3n) is 3.13. The lowest BCUT2D eigenvalue weighted by Crippen LogP contribution is -2.27. The van der Waals surface area contributed by atoms with Crippen molar-refractivity contribution in [2.75, 3.05) is 7.11 Å². The fourth-order valence-electron chi connectivity index (χ4n) is 1.96. The summed E-state index contributed by atoms with van der Waals surface area (Å²) in [7, 11) is 1.55. The molecule has 2 rings (SSSR count). The molecule has 0 heterocycles. The summed E-state index contributed by atoms with van der Waals surface area (Å²) < 4.78 is 7.14. The maximum absolute atomic E-state index is 12.4. The monoisotopic (exact) mass is 411 g/mol. The van der Waals surface area contributed by atoms with Crippen molar-refractivity contribution < 1.29 is 9.53 Å². The summed E-state index contributed by atoms with van der Waals surface area (Å²) in [6.45, 7) is 1.95. The zero-order chi connectivity index (χ0) is 15.4. The van der Waals surface area contributed by atoms with E-state index in [-0.39, 0.29) is 11.9 Å². The van der Waals surface area contributed by atoms with Gasteiger partial charge in [-0.2, -0.15) is 0 Å². The summed E-state index contributed by atoms with van der Waals surface area (Å²) in [4.78, 5) is 12.4. The van der Waals surface area contributed by atoms with Crippen LogP contribution in [0.5, 0.6) is 5.75 Å². The molecule has 0 aliphatic carbocycles. The molecule has 5 heteroatoms. The van der Waals surface area contributed by atoms with Gasteiger partial charge in [-0.1, -0.05) is 44.0 Å². The molecule has 0 spiro atoms. The summed E-state index contributed by atoms with van der Waals surface area (Å²) in [6, 6.07) is 13.1. The van der Waals surface area contributed by atoms with E-state index in [1.54, 1.807) is 19.2 Å². The van der Waals surface area contributed by atoms with Crippen LogP contribution in [0.25, 0.3) is 0 Å². The minimum Gasteiger partial charge on any atom is -0.496 e. The molecule has 21 heavy (non-hydrogen) atoms. The number of methoxy groups -OCH3 is 1. The maximum atomic E-state index is 12.4. The molecule has 0 saturated heterocycles. The van der Waals surface area contributed by atoms with Crippen LogP contribution >= 0.6 is 31.9 Å². The van der Waals surface area contributed by atoms with Gasteiger partial charge in [-0.3, -0.25) is 4.79 Å². The van der Waals surface area contributed by atoms with Crippen LogP contribution in [0.3, 0.4) is 0 Å². The Kier molecular flexibility index (Phi) is 5.42. The van der Waals surface area contributed by atoms with Gasteiger partial charge in [-0.25, -0.2) is 0 Å². The van der Waals surface area contributed by atoms with Gasteiger partial charge in [0.25, 0.3) is 5.91 Å². The lowest BCUT2D eigenvalue weighted by Gasteiger charge is -2.16. The fraction of sp³-hybridized carbons (Fsp3) is 0.188. The van der Waals surface area contributed by atoms with E-state index < -0.39 is 0 Å². The van der Waals surface area contributed by atoms with Gasteiger partial charge < -0.3 is 10.1 Å². The third-order valence-corrected chi connectivity index (χ3v) is 4.15. The molecule has 1 N–H and O–H groups in total. The Morgan fingerprint density at radius 1 is 1.10 bits per heavy atom. The zero-order valence-corrected chi connectivity index (χ0v) is 14.9. The third kappa shape index (κ3) is 4.08. The van der Waals surface area contributed by atoms with E-state index in [1.165, 1.54) is 0 Å². The number of benzene rings is 2. The Balaban J connectivity index is 2.16. The smallest absolute Gasteiger partial charge is 0.255 e. The van der Waals surface area contributed by atoms with Crippen molar-refractivity contribution in [2.45, 2.75) is 13.0 Å². The summed E-state index contributed by atoms with van der Waals surface area (Å²) in [6.07, 6.45) is 0. The predicted molar refractivity (Wildman–Crippen MR) is 90.7 cm³/mol. The Morgan fingerprint density at radius 3 is 2.33 bits per heavy atom. The quantitative estimate of drug-likeness (QED) is 0.789. The maximum Gasteiger partial charge on any atom is 0.255 e. The van der Waals surface area contributed by atoms with Crippen molar-refractivity contribution in [3.8, 4) is 5.75 Å². The lowest BCUT2D eigenvalue weighted by molar-refractivity contribution is 0.0937. The van der Waals surface area contributed by atoms with Crippen molar-refractivity contribution in [3.63, 3.8) is 0 Å². The highest BCUT2D eigenvalue weighted by molar-refractivity contribution is 9.10. The average Bonchev–Trinajstić information content (AvgIpc) is 2.47. The second-order valence-electron chi connectivity index (χ2n) is 4.59. The van der Waals surface area contributed by atoms with Crippen LogP contribution in [-0.4, -0.2) is 13.0 Å². The van der Waals surface area contributed by atoms with Gasteiger partial charge in [0.15, 0.2) is 0 Å². The molecule has 3 nitrogen and oxygen atoms in total. The van der Waals surface area contributed by atoms with Crippen LogP contribution in [0.4, 0.5) is 0 Å². The molecule has 2 aromatic carbocycles. The second kappa shape index (κ2) is 7.09. The van der Waals surface area contributed by atoms with E-state index in [0.29, 0.717) is 11.3 Å². The van der Waals surface area contributed by atoms with Gasteiger partial charge >= 0.3 is 0 Å². The van der Waals surface area contributed by atoms with Crippen LogP contribution in [-0.2, 0) is 0 Å². The molecule has 0 aliphatic heterocycles. The first kappa shape index (κ1) is 16.0. The molecule has 0 aliphatic rings. The molecule has 0 fully saturated rings. The van der Waals surface area contributed by atoms with Gasteiger partial charge in [0.1, 0.15) is 5.75 Å². The number of rotatable bonds is 4. The Hall–Kier alpha value is -1.33. The first-order valence-corrected chi connectivity index (χ1v) is 7.99. The second-order valence-corrected chi connectivity index (χ2v) is 6.42. The number of nitrogens with one attached hydrogen (secondary N) is 1. The SMILES string of the molecule is COc1cc(Br)ccc1C(=O)N[C@H](C)c1ccc(Br)cc1. The predicted octanol–water partition coefficient (Wildman–Crippen LogP) is 4.71. The number of carbonyl (C=O) groups is 1. The van der Waals surface area contributed by atoms with Crippen molar-refractivity contribution >= 4 is 37.8 Å². The summed E-state index contributed by atoms with van der Waals surface area (Å²) in [5.74, 6) is 0.389. The minimum absolute atomic E-state index is 0.0843. The molecule has 0 bridgehead atoms. The molecule has 1 amide bonds. The molecule has 1 atom stereocenters. The first-order chi connectivity index (χ1) is 10.0. The average molecular weight is 413 g/mol. The van der Waals surface area contributed by atoms with E-state index >= 15 is 0 Å². The largest absolute Gasteiger partial charge is 0.496 e. The standard InChI is InChI=1S/C16H15Br2NO2/c1-10(11-3-5-12(17)6-4-11)19-16(20)14-8-7-13(18)9-15(14)21-2/h3-10H,1-2H3,(H,19,20)/t10-/m1/s1. The molecular weight excluding hydrogens is 398 g/mol. The van der Waals surface area contributed by atoms with Crippen LogP contribution < -0.4 is 10.1 Å². The van der Waals surface area contributed by atoms with E-state index in [4.69, 9.17) is 4.74 Å². The number of carbonyl (C=O) groups excluding carboxylic acids is 1. The minimum atomic E-state index is -0.158. The van der Waals surface area contributed by atoms with E-state index in [1.807, 2.05) is 37.3 Å². The van der Waals surface area contributed by atoms with Gasteiger partial charge in [-0.05, 0) is 42.8 Å². The van der Waals surface area contributed by atoms with Crippen LogP contribution in [0, 0.1) is 0 Å². The summed E-state index contributed by atoms with van der Waals surface area (Å²) in [5.41, 5.74) is 1.56. The van der Waals surface area contributed by atoms with Gasteiger partial charge in [0, 0.05) is 8.95 Å². The molecule has 0 unspecified atom stereocenters. The van der Waals surface area contributed by atoms with Gasteiger partial charge in [0.05, 0.1) is 18.7 Å². The molecule has 0 saturated carbocycles. The highest BCUT2D eigenvalue weighted by Gasteiger charge is 2.15. The molecule has 110 valence electrons. The van der Waals surface area contributed by atoms with E-state index in [0.717, 1.165) is 14.5 Å². The van der Waals surface area contributed by atoms with Crippen molar-refractivity contribution in [2.24, 2.45) is 0 Å². The first-order valence-electron chi connectivity index (χ1n) is 6.41. The normalized spacial score (nSPS) is 11.8. The zero-order valence-electron chi connectivity index (χ0n) is 11.7. The lowest BCUT2D eigenvalue weighted by atomic mass is 10.1. The highest BCUT2D eigenvalue weighted by atomic mass is 79.9. The molecular formula is C16H15Br2NO2. The Morgan fingerprint density at radius 2 is 1.71 bits per heavy atom. The summed E-state index contributed by atoms with van der Waals surface area (Å²) >= 11 is 6.76. The number of hydrogen-bond acceptors (Lipinski definition) is 2. The van der Waals surface area contributed by atoms with Gasteiger partial charge in [-0.15, -0.1) is 0 Å². The number of hydrogen-bond donors (Lipinski definition) is 1. The molecule has 0 aromatic heterocycles.